The fourth-order valence-electron chi connectivity index (χ4n) is 0.307. The van der Waals surface area contributed by atoms with Crippen molar-refractivity contribution in [3.63, 3.8) is 0 Å². The minimum atomic E-state index is 0.401. The van der Waals surface area contributed by atoms with Gasteiger partial charge in [-0.05, 0) is 12.2 Å². The zero-order valence-corrected chi connectivity index (χ0v) is 5.96. The highest BCUT2D eigenvalue weighted by Gasteiger charge is 1.83. The van der Waals surface area contributed by atoms with Crippen LogP contribution in [-0.4, -0.2) is 13.4 Å². The first-order valence-corrected chi connectivity index (χ1v) is 2.75. The van der Waals surface area contributed by atoms with Crippen LogP contribution in [0.15, 0.2) is 36.6 Å². The highest BCUT2D eigenvalue weighted by atomic mass is 16.5. The molecule has 0 rings (SSSR count). The van der Waals surface area contributed by atoms with Gasteiger partial charge in [0.05, 0.1) is 7.11 Å². The summed E-state index contributed by atoms with van der Waals surface area (Å²) in [4.78, 5) is 9.98. The molecule has 10 heavy (non-hydrogen) atoms. The predicted molar refractivity (Wildman–Crippen MR) is 40.5 cm³/mol. The summed E-state index contributed by atoms with van der Waals surface area (Å²) in [5, 5.41) is 0. The van der Waals surface area contributed by atoms with E-state index < -0.39 is 0 Å². The maximum Gasteiger partial charge on any atom is 0.149 e. The van der Waals surface area contributed by atoms with Gasteiger partial charge in [-0.15, -0.1) is 0 Å². The number of hydrogen-bond acceptors (Lipinski definition) is 2. The molecule has 0 atom stereocenters. The van der Waals surface area contributed by atoms with E-state index >= 15 is 0 Å². The van der Waals surface area contributed by atoms with E-state index in [1.54, 1.807) is 12.2 Å². The van der Waals surface area contributed by atoms with Gasteiger partial charge in [-0.3, -0.25) is 4.79 Å². The van der Waals surface area contributed by atoms with Crippen molar-refractivity contribution < 1.29 is 9.53 Å². The lowest BCUT2D eigenvalue weighted by Crippen LogP contribution is -1.79. The van der Waals surface area contributed by atoms with Crippen molar-refractivity contribution in [2.24, 2.45) is 0 Å². The maximum atomic E-state index is 9.98. The van der Waals surface area contributed by atoms with Crippen molar-refractivity contribution in [3.8, 4) is 0 Å². The molecule has 0 fully saturated rings. The first kappa shape index (κ1) is 8.69. The summed E-state index contributed by atoms with van der Waals surface area (Å²) in [7, 11) is 1.51. The number of carbonyl (C=O) groups excluding carboxylic acids is 1. The Labute approximate surface area is 60.5 Å². The predicted octanol–water partition coefficient (Wildman–Crippen LogP) is 1.46. The molecule has 0 aliphatic rings. The van der Waals surface area contributed by atoms with Gasteiger partial charge in [0, 0.05) is 5.57 Å². The third-order valence-electron chi connectivity index (χ3n) is 0.897. The van der Waals surface area contributed by atoms with Gasteiger partial charge in [0.25, 0.3) is 0 Å². The van der Waals surface area contributed by atoms with Gasteiger partial charge in [-0.2, -0.15) is 0 Å². The van der Waals surface area contributed by atoms with Crippen molar-refractivity contribution in [3.05, 3.63) is 36.6 Å². The number of ether oxygens (including phenoxy) is 1. The number of methoxy groups -OCH3 is 1. The van der Waals surface area contributed by atoms with Crippen LogP contribution in [0.5, 0.6) is 0 Å². The van der Waals surface area contributed by atoms with Crippen molar-refractivity contribution >= 4 is 6.29 Å². The maximum absolute atomic E-state index is 9.98. The minimum Gasteiger partial charge on any atom is -0.497 e. The molecule has 0 aliphatic carbocycles. The SMILES string of the molecule is C=C(C=O)C=CC(=C)OC. The topological polar surface area (TPSA) is 26.3 Å². The highest BCUT2D eigenvalue weighted by molar-refractivity contribution is 5.76. The average molecular weight is 138 g/mol. The van der Waals surface area contributed by atoms with E-state index in [0.717, 1.165) is 0 Å². The fourth-order valence-corrected chi connectivity index (χ4v) is 0.307. The number of hydrogen-bond donors (Lipinski definition) is 0. The van der Waals surface area contributed by atoms with E-state index in [0.29, 0.717) is 17.6 Å². The van der Waals surface area contributed by atoms with Gasteiger partial charge >= 0.3 is 0 Å². The third-order valence-corrected chi connectivity index (χ3v) is 0.897. The Hall–Kier alpha value is -1.31. The van der Waals surface area contributed by atoms with Crippen LogP contribution in [0, 0.1) is 0 Å². The average Bonchev–Trinajstić information content (AvgIpc) is 1.99. The second-order valence-corrected chi connectivity index (χ2v) is 1.70. The molecule has 0 saturated carbocycles. The molecule has 0 aromatic rings. The minimum absolute atomic E-state index is 0.401. The molecule has 0 heterocycles. The summed E-state index contributed by atoms with van der Waals surface area (Å²) >= 11 is 0. The Kier molecular flexibility index (Phi) is 3.96. The van der Waals surface area contributed by atoms with Crippen molar-refractivity contribution in [1.82, 2.24) is 0 Å². The Morgan fingerprint density at radius 2 is 2.00 bits per heavy atom. The van der Waals surface area contributed by atoms with Crippen LogP contribution in [0.1, 0.15) is 0 Å². The molecule has 0 aliphatic heterocycles. The normalized spacial score (nSPS) is 9.30. The Morgan fingerprint density at radius 1 is 1.40 bits per heavy atom. The summed E-state index contributed by atoms with van der Waals surface area (Å²) < 4.78 is 4.71. The van der Waals surface area contributed by atoms with Gasteiger partial charge in [0.1, 0.15) is 12.0 Å². The molecule has 0 aromatic carbocycles. The van der Waals surface area contributed by atoms with Crippen molar-refractivity contribution in [2.45, 2.75) is 0 Å². The van der Waals surface area contributed by atoms with Gasteiger partial charge in [-0.25, -0.2) is 0 Å². The van der Waals surface area contributed by atoms with Crippen LogP contribution >= 0.6 is 0 Å². The van der Waals surface area contributed by atoms with Crippen LogP contribution < -0.4 is 0 Å². The molecule has 0 spiro atoms. The number of carbonyl (C=O) groups is 1. The van der Waals surface area contributed by atoms with Gasteiger partial charge < -0.3 is 4.74 Å². The molecule has 2 nitrogen and oxygen atoms in total. The zero-order valence-electron chi connectivity index (χ0n) is 5.96. The second-order valence-electron chi connectivity index (χ2n) is 1.70. The molecule has 54 valence electrons. The van der Waals surface area contributed by atoms with Crippen LogP contribution in [0.25, 0.3) is 0 Å². The first-order valence-electron chi connectivity index (χ1n) is 2.75. The number of allylic oxidation sites excluding steroid dienone is 3. The summed E-state index contributed by atoms with van der Waals surface area (Å²) in [6, 6.07) is 0. The Bertz CT molecular complexity index is 178. The van der Waals surface area contributed by atoms with Gasteiger partial charge in [0.15, 0.2) is 0 Å². The smallest absolute Gasteiger partial charge is 0.149 e. The molecule has 0 unspecified atom stereocenters. The van der Waals surface area contributed by atoms with Crippen molar-refractivity contribution in [2.75, 3.05) is 7.11 Å². The molecular formula is C8H10O2. The summed E-state index contributed by atoms with van der Waals surface area (Å²) in [6.45, 7) is 6.94. The Morgan fingerprint density at radius 3 is 2.40 bits per heavy atom. The quantitative estimate of drug-likeness (QED) is 0.254. The molecule has 0 bridgehead atoms. The van der Waals surface area contributed by atoms with Crippen LogP contribution in [0.4, 0.5) is 0 Å². The van der Waals surface area contributed by atoms with Crippen LogP contribution in [0.2, 0.25) is 0 Å². The lowest BCUT2D eigenvalue weighted by atomic mass is 10.3. The second kappa shape index (κ2) is 4.56. The van der Waals surface area contributed by atoms with Gasteiger partial charge in [0.2, 0.25) is 0 Å². The number of rotatable bonds is 4. The number of aldehydes is 1. The van der Waals surface area contributed by atoms with E-state index in [9.17, 15) is 4.79 Å². The molecular weight excluding hydrogens is 128 g/mol. The third kappa shape index (κ3) is 3.66. The lowest BCUT2D eigenvalue weighted by molar-refractivity contribution is -0.104. The lowest BCUT2D eigenvalue weighted by Gasteiger charge is -1.93. The van der Waals surface area contributed by atoms with E-state index in [2.05, 4.69) is 13.2 Å². The van der Waals surface area contributed by atoms with E-state index in [1.807, 2.05) is 0 Å². The van der Waals surface area contributed by atoms with Crippen molar-refractivity contribution in [1.29, 1.82) is 0 Å². The molecule has 0 amide bonds. The largest absolute Gasteiger partial charge is 0.497 e. The molecule has 2 heteroatoms. The fraction of sp³-hybridized carbons (Fsp3) is 0.125. The summed E-state index contributed by atoms with van der Waals surface area (Å²) in [5.41, 5.74) is 0.401. The zero-order chi connectivity index (χ0) is 7.98. The standard InChI is InChI=1S/C8H10O2/c1-7(6-9)4-5-8(2)10-3/h4-6H,1-2H2,3H3. The molecule has 0 saturated heterocycles. The molecule has 0 radical (unpaired) electrons. The Balaban J connectivity index is 3.87. The van der Waals surface area contributed by atoms with E-state index in [1.165, 1.54) is 7.11 Å². The highest BCUT2D eigenvalue weighted by Crippen LogP contribution is 1.95. The van der Waals surface area contributed by atoms with E-state index in [-0.39, 0.29) is 0 Å². The molecule has 0 aromatic heterocycles. The summed E-state index contributed by atoms with van der Waals surface area (Å²) in [5.74, 6) is 0.503. The monoisotopic (exact) mass is 138 g/mol. The van der Waals surface area contributed by atoms with E-state index in [4.69, 9.17) is 4.74 Å². The first-order chi connectivity index (χ1) is 4.70. The molecule has 0 N–H and O–H groups in total. The van der Waals surface area contributed by atoms with Gasteiger partial charge in [-0.1, -0.05) is 13.2 Å². The summed E-state index contributed by atoms with van der Waals surface area (Å²) in [6.07, 6.45) is 3.79. The van der Waals surface area contributed by atoms with Crippen LogP contribution in [0.3, 0.4) is 0 Å². The van der Waals surface area contributed by atoms with Crippen LogP contribution in [-0.2, 0) is 9.53 Å².